The second-order valence-corrected chi connectivity index (χ2v) is 8.47. The average Bonchev–Trinajstić information content (AvgIpc) is 2.68. The number of rotatable bonds is 4. The van der Waals surface area contributed by atoms with Gasteiger partial charge in [-0.15, -0.1) is 0 Å². The minimum Gasteiger partial charge on any atom is -0.339 e. The molecule has 8 heteroatoms. The minimum absolute atomic E-state index is 0.0203. The van der Waals surface area contributed by atoms with Gasteiger partial charge in [0.25, 0.3) is 5.91 Å². The van der Waals surface area contributed by atoms with E-state index in [1.54, 1.807) is 21.9 Å². The first kappa shape index (κ1) is 20.0. The lowest BCUT2D eigenvalue weighted by Crippen LogP contribution is -2.51. The molecular weight excluding hydrogens is 378 g/mol. The molecule has 2 aromatic carbocycles. The summed E-state index contributed by atoms with van der Waals surface area (Å²) in [6, 6.07) is 13.4. The molecule has 0 bridgehead atoms. The monoisotopic (exact) mass is 401 g/mol. The second kappa shape index (κ2) is 8.12. The van der Waals surface area contributed by atoms with Crippen LogP contribution in [-0.2, 0) is 21.2 Å². The van der Waals surface area contributed by atoms with Crippen LogP contribution in [0.25, 0.3) is 0 Å². The van der Waals surface area contributed by atoms with Crippen molar-refractivity contribution >= 4 is 21.8 Å². The summed E-state index contributed by atoms with van der Waals surface area (Å²) in [4.78, 5) is 28.6. The van der Waals surface area contributed by atoms with E-state index in [-0.39, 0.29) is 23.1 Å². The average molecular weight is 401 g/mol. The summed E-state index contributed by atoms with van der Waals surface area (Å²) in [6.45, 7) is 3.91. The molecule has 1 fully saturated rings. The smallest absolute Gasteiger partial charge is 0.253 e. The number of carbonyl (C=O) groups is 2. The van der Waals surface area contributed by atoms with Crippen molar-refractivity contribution < 1.29 is 18.0 Å². The predicted molar refractivity (Wildman–Crippen MR) is 105 cm³/mol. The Hall–Kier alpha value is -2.71. The Bertz CT molecular complexity index is 962. The van der Waals surface area contributed by atoms with E-state index in [2.05, 4.69) is 0 Å². The minimum atomic E-state index is -3.74. The Kier molecular flexibility index (Phi) is 5.81. The molecule has 0 spiro atoms. The molecule has 0 radical (unpaired) electrons. The lowest BCUT2D eigenvalue weighted by molar-refractivity contribution is -0.131. The van der Waals surface area contributed by atoms with Crippen LogP contribution in [0.15, 0.2) is 53.4 Å². The van der Waals surface area contributed by atoms with Gasteiger partial charge in [-0.25, -0.2) is 13.6 Å². The van der Waals surface area contributed by atoms with Gasteiger partial charge < -0.3 is 9.80 Å². The van der Waals surface area contributed by atoms with E-state index in [0.29, 0.717) is 31.7 Å². The third kappa shape index (κ3) is 4.76. The van der Waals surface area contributed by atoms with Crippen LogP contribution in [0.5, 0.6) is 0 Å². The van der Waals surface area contributed by atoms with Gasteiger partial charge in [-0.1, -0.05) is 29.8 Å². The van der Waals surface area contributed by atoms with Crippen LogP contribution in [0.1, 0.15) is 21.5 Å². The van der Waals surface area contributed by atoms with Crippen LogP contribution in [0.4, 0.5) is 0 Å². The lowest BCUT2D eigenvalue weighted by Gasteiger charge is -2.35. The van der Waals surface area contributed by atoms with Gasteiger partial charge in [0.2, 0.25) is 15.9 Å². The third-order valence-corrected chi connectivity index (χ3v) is 5.75. The van der Waals surface area contributed by atoms with Crippen molar-refractivity contribution in [2.75, 3.05) is 26.2 Å². The summed E-state index contributed by atoms with van der Waals surface area (Å²) in [6.07, 6.45) is 0.177. The second-order valence-electron chi connectivity index (χ2n) is 6.90. The summed E-state index contributed by atoms with van der Waals surface area (Å²) < 4.78 is 22.6. The number of amides is 2. The maximum atomic E-state index is 12.6. The molecule has 1 aliphatic heterocycles. The number of primary sulfonamides is 1. The molecule has 7 nitrogen and oxygen atoms in total. The maximum absolute atomic E-state index is 12.6. The largest absolute Gasteiger partial charge is 0.339 e. The van der Waals surface area contributed by atoms with Crippen molar-refractivity contribution in [3.63, 3.8) is 0 Å². The summed E-state index contributed by atoms with van der Waals surface area (Å²) in [7, 11) is -3.74. The van der Waals surface area contributed by atoms with E-state index < -0.39 is 10.0 Å². The highest BCUT2D eigenvalue weighted by atomic mass is 32.2. The Labute approximate surface area is 164 Å². The molecule has 3 rings (SSSR count). The molecule has 2 aromatic rings. The molecular formula is C20H23N3O4S. The first-order chi connectivity index (χ1) is 13.2. The Morgan fingerprint density at radius 3 is 1.96 bits per heavy atom. The van der Waals surface area contributed by atoms with Crippen LogP contribution >= 0.6 is 0 Å². The molecule has 2 N–H and O–H groups in total. The zero-order chi connectivity index (χ0) is 20.3. The fourth-order valence-electron chi connectivity index (χ4n) is 3.12. The predicted octanol–water partition coefficient (Wildman–Crippen LogP) is 1.17. The van der Waals surface area contributed by atoms with E-state index in [4.69, 9.17) is 5.14 Å². The fraction of sp³-hybridized carbons (Fsp3) is 0.300. The van der Waals surface area contributed by atoms with Crippen molar-refractivity contribution in [2.45, 2.75) is 18.2 Å². The van der Waals surface area contributed by atoms with E-state index in [0.717, 1.165) is 11.1 Å². The molecule has 148 valence electrons. The van der Waals surface area contributed by atoms with Crippen molar-refractivity contribution in [1.29, 1.82) is 0 Å². The Morgan fingerprint density at radius 1 is 0.893 bits per heavy atom. The van der Waals surface area contributed by atoms with Gasteiger partial charge in [0, 0.05) is 31.7 Å². The highest BCUT2D eigenvalue weighted by molar-refractivity contribution is 7.89. The van der Waals surface area contributed by atoms with Gasteiger partial charge in [-0.05, 0) is 36.8 Å². The molecule has 0 unspecified atom stereocenters. The molecule has 1 aliphatic rings. The van der Waals surface area contributed by atoms with E-state index in [1.165, 1.54) is 12.1 Å². The van der Waals surface area contributed by atoms with Crippen molar-refractivity contribution in [3.05, 3.63) is 65.2 Å². The summed E-state index contributed by atoms with van der Waals surface area (Å²) >= 11 is 0. The van der Waals surface area contributed by atoms with Crippen molar-refractivity contribution in [1.82, 2.24) is 9.80 Å². The van der Waals surface area contributed by atoms with Gasteiger partial charge in [-0.3, -0.25) is 9.59 Å². The maximum Gasteiger partial charge on any atom is 0.253 e. The van der Waals surface area contributed by atoms with Crippen LogP contribution < -0.4 is 5.14 Å². The van der Waals surface area contributed by atoms with Gasteiger partial charge in [0.05, 0.1) is 11.3 Å². The van der Waals surface area contributed by atoms with Gasteiger partial charge in [0.1, 0.15) is 0 Å². The molecule has 2 amide bonds. The number of benzene rings is 2. The normalized spacial score (nSPS) is 14.8. The fourth-order valence-corrected chi connectivity index (χ4v) is 3.64. The molecule has 0 atom stereocenters. The highest BCUT2D eigenvalue weighted by Crippen LogP contribution is 2.13. The number of aryl methyl sites for hydroxylation is 1. The molecule has 28 heavy (non-hydrogen) atoms. The Morgan fingerprint density at radius 2 is 1.43 bits per heavy atom. The molecule has 1 saturated heterocycles. The summed E-state index contributed by atoms with van der Waals surface area (Å²) in [5.74, 6) is -0.0727. The number of piperazine rings is 1. The van der Waals surface area contributed by atoms with Crippen LogP contribution in [0.2, 0.25) is 0 Å². The van der Waals surface area contributed by atoms with E-state index in [1.807, 2.05) is 31.2 Å². The molecule has 0 aliphatic carbocycles. The quantitative estimate of drug-likeness (QED) is 0.831. The molecule has 0 aromatic heterocycles. The van der Waals surface area contributed by atoms with Crippen molar-refractivity contribution in [2.24, 2.45) is 5.14 Å². The number of hydrogen-bond acceptors (Lipinski definition) is 4. The number of hydrogen-bond donors (Lipinski definition) is 1. The summed E-state index contributed by atoms with van der Waals surface area (Å²) in [5, 5.41) is 5.08. The Balaban J connectivity index is 1.55. The zero-order valence-electron chi connectivity index (χ0n) is 15.7. The number of sulfonamides is 1. The topological polar surface area (TPSA) is 101 Å². The zero-order valence-corrected chi connectivity index (χ0v) is 16.5. The first-order valence-corrected chi connectivity index (χ1v) is 10.5. The standard InChI is InChI=1S/C20H23N3O4S/c1-15-2-6-17(7-3-15)20(25)23-12-10-22(11-13-23)19(24)14-16-4-8-18(9-5-16)28(21,26)27/h2-9H,10-14H2,1H3,(H2,21,26,27). The number of nitrogens with zero attached hydrogens (tertiary/aromatic N) is 2. The van der Waals surface area contributed by atoms with Gasteiger partial charge in [0.15, 0.2) is 0 Å². The van der Waals surface area contributed by atoms with E-state index >= 15 is 0 Å². The van der Waals surface area contributed by atoms with Crippen LogP contribution in [-0.4, -0.2) is 56.2 Å². The number of nitrogens with two attached hydrogens (primary N) is 1. The van der Waals surface area contributed by atoms with Crippen molar-refractivity contribution in [3.8, 4) is 0 Å². The van der Waals surface area contributed by atoms with Gasteiger partial charge >= 0.3 is 0 Å². The third-order valence-electron chi connectivity index (χ3n) is 4.83. The molecule has 0 saturated carbocycles. The number of carbonyl (C=O) groups excluding carboxylic acids is 2. The van der Waals surface area contributed by atoms with Gasteiger partial charge in [-0.2, -0.15) is 0 Å². The van der Waals surface area contributed by atoms with Crippen LogP contribution in [0.3, 0.4) is 0 Å². The summed E-state index contributed by atoms with van der Waals surface area (Å²) in [5.41, 5.74) is 2.47. The lowest BCUT2D eigenvalue weighted by atomic mass is 10.1. The SMILES string of the molecule is Cc1ccc(C(=O)N2CCN(C(=O)Cc3ccc(S(N)(=O)=O)cc3)CC2)cc1. The van der Waals surface area contributed by atoms with Crippen LogP contribution in [0, 0.1) is 6.92 Å². The highest BCUT2D eigenvalue weighted by Gasteiger charge is 2.24. The molecule has 1 heterocycles. The first-order valence-electron chi connectivity index (χ1n) is 8.99. The van der Waals surface area contributed by atoms with E-state index in [9.17, 15) is 18.0 Å².